The van der Waals surface area contributed by atoms with E-state index < -0.39 is 11.8 Å². The Hall–Kier alpha value is -1.62. The van der Waals surface area contributed by atoms with Gasteiger partial charge in [-0.05, 0) is 31.0 Å². The summed E-state index contributed by atoms with van der Waals surface area (Å²) in [5.41, 5.74) is 0.264. The second-order valence-corrected chi connectivity index (χ2v) is 4.71. The van der Waals surface area contributed by atoms with Gasteiger partial charge in [0, 0.05) is 11.6 Å². The summed E-state index contributed by atoms with van der Waals surface area (Å²) < 4.78 is 12.9. The monoisotopic (exact) mass is 271 g/mol. The van der Waals surface area contributed by atoms with E-state index in [1.165, 1.54) is 12.1 Å². The second-order valence-electron chi connectivity index (χ2n) is 4.31. The van der Waals surface area contributed by atoms with Crippen LogP contribution in [0.15, 0.2) is 18.2 Å². The Bertz CT molecular complexity index is 500. The van der Waals surface area contributed by atoms with Gasteiger partial charge in [-0.3, -0.25) is 9.59 Å². The molecule has 0 unspecified atom stereocenters. The third-order valence-electron chi connectivity index (χ3n) is 3.00. The number of carbonyl (C=O) groups excluding carboxylic acids is 1. The van der Waals surface area contributed by atoms with Gasteiger partial charge in [-0.15, -0.1) is 0 Å². The smallest absolute Gasteiger partial charge is 0.306 e. The van der Waals surface area contributed by atoms with Crippen LogP contribution in [0.3, 0.4) is 0 Å². The summed E-state index contributed by atoms with van der Waals surface area (Å²) in [7, 11) is 0. The molecule has 0 saturated heterocycles. The Labute approximate surface area is 108 Å². The number of rotatable bonds is 3. The minimum atomic E-state index is -0.842. The molecule has 1 amide bonds. The largest absolute Gasteiger partial charge is 0.481 e. The number of carboxylic acid groups (broad SMARTS) is 1. The first kappa shape index (κ1) is 12.8. The van der Waals surface area contributed by atoms with E-state index in [-0.39, 0.29) is 28.5 Å². The number of carboxylic acids is 1. The number of benzene rings is 1. The fraction of sp³-hybridized carbons (Fsp3) is 0.333. The van der Waals surface area contributed by atoms with Gasteiger partial charge in [0.15, 0.2) is 0 Å². The van der Waals surface area contributed by atoms with E-state index in [2.05, 4.69) is 5.32 Å². The molecule has 4 nitrogen and oxygen atoms in total. The zero-order valence-electron chi connectivity index (χ0n) is 9.32. The second kappa shape index (κ2) is 4.94. The van der Waals surface area contributed by atoms with Crippen molar-refractivity contribution in [3.63, 3.8) is 0 Å². The predicted octanol–water partition coefficient (Wildman–Crippen LogP) is 2.07. The molecule has 0 heterocycles. The van der Waals surface area contributed by atoms with Crippen molar-refractivity contribution in [1.82, 2.24) is 5.32 Å². The summed E-state index contributed by atoms with van der Waals surface area (Å²) in [4.78, 5) is 22.3. The molecule has 1 aromatic rings. The van der Waals surface area contributed by atoms with Crippen LogP contribution in [0.4, 0.5) is 4.39 Å². The molecule has 1 aromatic carbocycles. The van der Waals surface area contributed by atoms with Crippen LogP contribution in [0.25, 0.3) is 0 Å². The van der Waals surface area contributed by atoms with Crippen LogP contribution in [-0.2, 0) is 4.79 Å². The quantitative estimate of drug-likeness (QED) is 0.884. The first-order valence-electron chi connectivity index (χ1n) is 5.46. The molecule has 6 heteroatoms. The molecule has 1 saturated carbocycles. The highest BCUT2D eigenvalue weighted by atomic mass is 35.5. The van der Waals surface area contributed by atoms with Gasteiger partial charge >= 0.3 is 5.97 Å². The Morgan fingerprint density at radius 1 is 1.39 bits per heavy atom. The van der Waals surface area contributed by atoms with Crippen LogP contribution in [0, 0.1) is 11.7 Å². The summed E-state index contributed by atoms with van der Waals surface area (Å²) in [6, 6.07) is 3.57. The van der Waals surface area contributed by atoms with Gasteiger partial charge in [0.1, 0.15) is 5.82 Å². The van der Waals surface area contributed by atoms with E-state index in [9.17, 15) is 14.0 Å². The van der Waals surface area contributed by atoms with Crippen LogP contribution < -0.4 is 5.32 Å². The first-order chi connectivity index (χ1) is 8.47. The first-order valence-corrected chi connectivity index (χ1v) is 5.84. The normalized spacial score (nSPS) is 22.1. The van der Waals surface area contributed by atoms with E-state index in [1.807, 2.05) is 0 Å². The predicted molar refractivity (Wildman–Crippen MR) is 63.0 cm³/mol. The number of hydrogen-bond acceptors (Lipinski definition) is 2. The summed E-state index contributed by atoms with van der Waals surface area (Å²) in [6.07, 6.45) is 0.853. The molecular formula is C12H11ClFNO3. The van der Waals surface area contributed by atoms with Gasteiger partial charge in [0.25, 0.3) is 5.91 Å². The topological polar surface area (TPSA) is 66.4 Å². The van der Waals surface area contributed by atoms with Gasteiger partial charge in [-0.25, -0.2) is 4.39 Å². The zero-order chi connectivity index (χ0) is 13.3. The average Bonchev–Trinajstić information content (AvgIpc) is 2.25. The molecule has 1 fully saturated rings. The van der Waals surface area contributed by atoms with E-state index in [0.29, 0.717) is 12.8 Å². The molecule has 2 rings (SSSR count). The van der Waals surface area contributed by atoms with Gasteiger partial charge in [-0.2, -0.15) is 0 Å². The van der Waals surface area contributed by atoms with Crippen molar-refractivity contribution in [2.24, 2.45) is 5.92 Å². The van der Waals surface area contributed by atoms with Crippen LogP contribution in [-0.4, -0.2) is 23.0 Å². The van der Waals surface area contributed by atoms with Crippen LogP contribution in [0.2, 0.25) is 5.02 Å². The van der Waals surface area contributed by atoms with Crippen LogP contribution in [0.5, 0.6) is 0 Å². The van der Waals surface area contributed by atoms with Crippen molar-refractivity contribution < 1.29 is 19.1 Å². The molecule has 18 heavy (non-hydrogen) atoms. The van der Waals surface area contributed by atoms with Crippen LogP contribution in [0.1, 0.15) is 23.2 Å². The highest BCUT2D eigenvalue weighted by Gasteiger charge is 2.35. The van der Waals surface area contributed by atoms with Crippen molar-refractivity contribution in [2.45, 2.75) is 18.9 Å². The minimum absolute atomic E-state index is 0.111. The van der Waals surface area contributed by atoms with Crippen molar-refractivity contribution in [3.8, 4) is 0 Å². The van der Waals surface area contributed by atoms with Gasteiger partial charge in [-0.1, -0.05) is 11.6 Å². The maximum Gasteiger partial charge on any atom is 0.306 e. The molecule has 1 aliphatic carbocycles. The van der Waals surface area contributed by atoms with E-state index in [4.69, 9.17) is 16.7 Å². The molecule has 0 aliphatic heterocycles. The van der Waals surface area contributed by atoms with Crippen LogP contribution >= 0.6 is 11.6 Å². The lowest BCUT2D eigenvalue weighted by atomic mass is 9.80. The van der Waals surface area contributed by atoms with Gasteiger partial charge in [0.05, 0.1) is 10.9 Å². The standard InChI is InChI=1S/C12H11ClFNO3/c13-9-5-6(1-2-10(9)14)11(16)15-8-3-7(4-8)12(17)18/h1-2,5,7-8H,3-4H2,(H,15,16)(H,17,18). The van der Waals surface area contributed by atoms with Gasteiger partial charge < -0.3 is 10.4 Å². The Kier molecular flexibility index (Phi) is 3.52. The number of aliphatic carboxylic acids is 1. The number of carbonyl (C=O) groups is 2. The lowest BCUT2D eigenvalue weighted by molar-refractivity contribution is -0.145. The molecule has 0 radical (unpaired) electrons. The maximum atomic E-state index is 12.9. The Morgan fingerprint density at radius 3 is 2.61 bits per heavy atom. The lowest BCUT2D eigenvalue weighted by Crippen LogP contribution is -2.46. The number of halogens is 2. The third kappa shape index (κ3) is 2.61. The number of amides is 1. The summed E-state index contributed by atoms with van der Waals surface area (Å²) >= 11 is 5.57. The van der Waals surface area contributed by atoms with E-state index in [0.717, 1.165) is 6.07 Å². The molecule has 0 spiro atoms. The average molecular weight is 272 g/mol. The molecule has 96 valence electrons. The van der Waals surface area contributed by atoms with Crippen molar-refractivity contribution >= 4 is 23.5 Å². The van der Waals surface area contributed by atoms with Gasteiger partial charge in [0.2, 0.25) is 0 Å². The van der Waals surface area contributed by atoms with Crippen molar-refractivity contribution in [1.29, 1.82) is 0 Å². The fourth-order valence-corrected chi connectivity index (χ4v) is 2.02. The highest BCUT2D eigenvalue weighted by Crippen LogP contribution is 2.27. The number of hydrogen-bond donors (Lipinski definition) is 2. The minimum Gasteiger partial charge on any atom is -0.481 e. The molecule has 0 atom stereocenters. The summed E-state index contributed by atoms with van der Waals surface area (Å²) in [5, 5.41) is 11.3. The van der Waals surface area contributed by atoms with E-state index in [1.54, 1.807) is 0 Å². The molecule has 0 bridgehead atoms. The summed E-state index contributed by atoms with van der Waals surface area (Å²) in [5.74, 6) is -2.18. The molecular weight excluding hydrogens is 261 g/mol. The maximum absolute atomic E-state index is 12.9. The Balaban J connectivity index is 1.93. The lowest BCUT2D eigenvalue weighted by Gasteiger charge is -2.32. The zero-order valence-corrected chi connectivity index (χ0v) is 10.1. The Morgan fingerprint density at radius 2 is 2.06 bits per heavy atom. The number of nitrogens with one attached hydrogen (secondary N) is 1. The third-order valence-corrected chi connectivity index (χ3v) is 3.29. The molecule has 0 aromatic heterocycles. The molecule has 1 aliphatic rings. The summed E-state index contributed by atoms with van der Waals surface area (Å²) in [6.45, 7) is 0. The fourth-order valence-electron chi connectivity index (χ4n) is 1.84. The SMILES string of the molecule is O=C(NC1CC(C(=O)O)C1)c1ccc(F)c(Cl)c1. The highest BCUT2D eigenvalue weighted by molar-refractivity contribution is 6.31. The van der Waals surface area contributed by atoms with Crippen molar-refractivity contribution in [2.75, 3.05) is 0 Å². The van der Waals surface area contributed by atoms with E-state index >= 15 is 0 Å². The van der Waals surface area contributed by atoms with Crippen molar-refractivity contribution in [3.05, 3.63) is 34.6 Å². The molecule has 2 N–H and O–H groups in total.